The van der Waals surface area contributed by atoms with Crippen LogP contribution in [0, 0.1) is 13.8 Å². The molecule has 1 saturated heterocycles. The van der Waals surface area contributed by atoms with Crippen molar-refractivity contribution in [1.29, 1.82) is 0 Å². The molecule has 1 fully saturated rings. The van der Waals surface area contributed by atoms with Gasteiger partial charge in [-0.2, -0.15) is 4.31 Å². The fourth-order valence-corrected chi connectivity index (χ4v) is 5.79. The SMILES string of the molecule is COc1c(C)cc(S(=O)(=O)N(Cc2cccs2)CC2CCCO2)cc1C. The van der Waals surface area contributed by atoms with Crippen LogP contribution < -0.4 is 4.74 Å². The molecule has 2 heterocycles. The summed E-state index contributed by atoms with van der Waals surface area (Å²) in [5.41, 5.74) is 1.64. The maximum absolute atomic E-state index is 13.4. The molecule has 7 heteroatoms. The molecule has 2 aromatic rings. The first-order valence-electron chi connectivity index (χ1n) is 8.71. The minimum absolute atomic E-state index is 0.0369. The van der Waals surface area contributed by atoms with E-state index in [4.69, 9.17) is 9.47 Å². The second-order valence-electron chi connectivity index (χ2n) is 6.60. The lowest BCUT2D eigenvalue weighted by atomic mass is 10.1. The van der Waals surface area contributed by atoms with Gasteiger partial charge in [-0.25, -0.2) is 8.42 Å². The van der Waals surface area contributed by atoms with Gasteiger partial charge in [0.05, 0.1) is 18.1 Å². The molecule has 0 amide bonds. The van der Waals surface area contributed by atoms with Gasteiger partial charge in [0.25, 0.3) is 0 Å². The molecular weight excluding hydrogens is 370 g/mol. The molecule has 1 aromatic carbocycles. The Labute approximate surface area is 159 Å². The van der Waals surface area contributed by atoms with Crippen LogP contribution >= 0.6 is 11.3 Å². The highest BCUT2D eigenvalue weighted by atomic mass is 32.2. The van der Waals surface area contributed by atoms with E-state index >= 15 is 0 Å². The van der Waals surface area contributed by atoms with E-state index in [0.29, 0.717) is 24.6 Å². The molecule has 1 aliphatic rings. The quantitative estimate of drug-likeness (QED) is 0.717. The van der Waals surface area contributed by atoms with E-state index in [0.717, 1.165) is 34.6 Å². The Morgan fingerprint density at radius 2 is 2.04 bits per heavy atom. The van der Waals surface area contributed by atoms with E-state index in [1.54, 1.807) is 34.9 Å². The van der Waals surface area contributed by atoms with Crippen molar-refractivity contribution in [3.05, 3.63) is 45.6 Å². The van der Waals surface area contributed by atoms with Crippen LogP contribution in [0.15, 0.2) is 34.5 Å². The van der Waals surface area contributed by atoms with Gasteiger partial charge in [0.1, 0.15) is 5.75 Å². The Kier molecular flexibility index (Phi) is 6.02. The number of hydrogen-bond acceptors (Lipinski definition) is 5. The van der Waals surface area contributed by atoms with Crippen molar-refractivity contribution in [2.45, 2.75) is 44.2 Å². The van der Waals surface area contributed by atoms with Gasteiger partial charge >= 0.3 is 0 Å². The second-order valence-corrected chi connectivity index (χ2v) is 9.57. The highest BCUT2D eigenvalue weighted by Crippen LogP contribution is 2.30. The fourth-order valence-electron chi connectivity index (χ4n) is 3.37. The van der Waals surface area contributed by atoms with E-state index in [-0.39, 0.29) is 6.10 Å². The molecule has 26 heavy (non-hydrogen) atoms. The van der Waals surface area contributed by atoms with Crippen molar-refractivity contribution in [3.8, 4) is 5.75 Å². The molecule has 0 bridgehead atoms. The van der Waals surface area contributed by atoms with Crippen molar-refractivity contribution >= 4 is 21.4 Å². The number of rotatable bonds is 7. The summed E-state index contributed by atoms with van der Waals surface area (Å²) in [6.45, 7) is 5.19. The van der Waals surface area contributed by atoms with Crippen LogP contribution in [-0.2, 0) is 21.3 Å². The monoisotopic (exact) mass is 395 g/mol. The summed E-state index contributed by atoms with van der Waals surface area (Å²) in [6, 6.07) is 7.29. The molecule has 0 N–H and O–H groups in total. The highest BCUT2D eigenvalue weighted by molar-refractivity contribution is 7.89. The van der Waals surface area contributed by atoms with Crippen LogP contribution in [0.5, 0.6) is 5.75 Å². The van der Waals surface area contributed by atoms with Gasteiger partial charge in [0.15, 0.2) is 0 Å². The summed E-state index contributed by atoms with van der Waals surface area (Å²) in [6.07, 6.45) is 1.85. The fraction of sp³-hybridized carbons (Fsp3) is 0.474. The standard InChI is InChI=1S/C19H25NO4S2/c1-14-10-18(11-15(2)19(14)23-3)26(21,22)20(12-16-6-4-8-24-16)13-17-7-5-9-25-17/h5,7,9-11,16H,4,6,8,12-13H2,1-3H3. The normalized spacial score (nSPS) is 17.8. The van der Waals surface area contributed by atoms with Gasteiger partial charge in [0, 0.05) is 24.6 Å². The van der Waals surface area contributed by atoms with Gasteiger partial charge in [-0.1, -0.05) is 6.07 Å². The topological polar surface area (TPSA) is 55.8 Å². The largest absolute Gasteiger partial charge is 0.496 e. The number of aryl methyl sites for hydroxylation is 2. The second kappa shape index (κ2) is 8.08. The molecule has 0 spiro atoms. The molecule has 0 radical (unpaired) electrons. The third kappa shape index (κ3) is 4.11. The molecule has 1 atom stereocenters. The summed E-state index contributed by atoms with van der Waals surface area (Å²) in [5.74, 6) is 0.730. The Morgan fingerprint density at radius 1 is 1.31 bits per heavy atom. The number of methoxy groups -OCH3 is 1. The minimum atomic E-state index is -3.63. The molecular formula is C19H25NO4S2. The van der Waals surface area contributed by atoms with Crippen LogP contribution in [0.4, 0.5) is 0 Å². The zero-order valence-electron chi connectivity index (χ0n) is 15.4. The first-order chi connectivity index (χ1) is 12.4. The number of hydrogen-bond donors (Lipinski definition) is 0. The van der Waals surface area contributed by atoms with Crippen molar-refractivity contribution in [2.75, 3.05) is 20.3 Å². The average Bonchev–Trinajstić information content (AvgIpc) is 3.27. The maximum atomic E-state index is 13.4. The number of thiophene rings is 1. The molecule has 1 aliphatic heterocycles. The number of nitrogens with zero attached hydrogens (tertiary/aromatic N) is 1. The first kappa shape index (κ1) is 19.4. The highest BCUT2D eigenvalue weighted by Gasteiger charge is 2.30. The average molecular weight is 396 g/mol. The Morgan fingerprint density at radius 3 is 2.58 bits per heavy atom. The molecule has 1 aromatic heterocycles. The first-order valence-corrected chi connectivity index (χ1v) is 11.0. The van der Waals surface area contributed by atoms with Gasteiger partial charge in [-0.15, -0.1) is 11.3 Å². The predicted octanol–water partition coefficient (Wildman–Crippen LogP) is 3.74. The van der Waals surface area contributed by atoms with E-state index in [2.05, 4.69) is 0 Å². The zero-order chi connectivity index (χ0) is 18.7. The molecule has 0 saturated carbocycles. The third-order valence-corrected chi connectivity index (χ3v) is 7.27. The number of benzene rings is 1. The zero-order valence-corrected chi connectivity index (χ0v) is 17.0. The maximum Gasteiger partial charge on any atom is 0.243 e. The van der Waals surface area contributed by atoms with Crippen LogP contribution in [-0.4, -0.2) is 39.1 Å². The summed E-state index contributed by atoms with van der Waals surface area (Å²) >= 11 is 1.57. The lowest BCUT2D eigenvalue weighted by Gasteiger charge is -2.25. The van der Waals surface area contributed by atoms with E-state index in [1.165, 1.54) is 0 Å². The molecule has 1 unspecified atom stereocenters. The molecule has 0 aliphatic carbocycles. The van der Waals surface area contributed by atoms with E-state index < -0.39 is 10.0 Å². The van der Waals surface area contributed by atoms with E-state index in [9.17, 15) is 8.42 Å². The molecule has 3 rings (SSSR count). The summed E-state index contributed by atoms with van der Waals surface area (Å²) < 4.78 is 39.4. The summed E-state index contributed by atoms with van der Waals surface area (Å²) in [7, 11) is -2.03. The third-order valence-electron chi connectivity index (χ3n) is 4.62. The molecule has 5 nitrogen and oxygen atoms in total. The van der Waals surface area contributed by atoms with Crippen LogP contribution in [0.2, 0.25) is 0 Å². The summed E-state index contributed by atoms with van der Waals surface area (Å²) in [5, 5.41) is 1.97. The van der Waals surface area contributed by atoms with Crippen molar-refractivity contribution in [1.82, 2.24) is 4.31 Å². The summed E-state index contributed by atoms with van der Waals surface area (Å²) in [4.78, 5) is 1.33. The van der Waals surface area contributed by atoms with Crippen molar-refractivity contribution < 1.29 is 17.9 Å². The van der Waals surface area contributed by atoms with Crippen molar-refractivity contribution in [3.63, 3.8) is 0 Å². The Bertz CT molecular complexity index is 817. The van der Waals surface area contributed by atoms with Gasteiger partial charge in [-0.05, 0) is 61.4 Å². The van der Waals surface area contributed by atoms with Gasteiger partial charge < -0.3 is 9.47 Å². The van der Waals surface area contributed by atoms with Gasteiger partial charge in [0.2, 0.25) is 10.0 Å². The predicted molar refractivity (Wildman–Crippen MR) is 103 cm³/mol. The van der Waals surface area contributed by atoms with Crippen LogP contribution in [0.25, 0.3) is 0 Å². The number of ether oxygens (including phenoxy) is 2. The Balaban J connectivity index is 1.95. The Hall–Kier alpha value is -1.41. The van der Waals surface area contributed by atoms with Crippen molar-refractivity contribution in [2.24, 2.45) is 0 Å². The van der Waals surface area contributed by atoms with Gasteiger partial charge in [-0.3, -0.25) is 0 Å². The smallest absolute Gasteiger partial charge is 0.243 e. The van der Waals surface area contributed by atoms with Crippen LogP contribution in [0.1, 0.15) is 28.8 Å². The number of sulfonamides is 1. The lowest BCUT2D eigenvalue weighted by Crippen LogP contribution is -2.36. The molecule has 142 valence electrons. The van der Waals surface area contributed by atoms with E-state index in [1.807, 2.05) is 31.4 Å². The van der Waals surface area contributed by atoms with Crippen LogP contribution in [0.3, 0.4) is 0 Å². The minimum Gasteiger partial charge on any atom is -0.496 e. The lowest BCUT2D eigenvalue weighted by molar-refractivity contribution is 0.0927.